The van der Waals surface area contributed by atoms with Gasteiger partial charge in [0.25, 0.3) is 0 Å². The molecule has 1 N–H and O–H groups in total. The number of anilines is 1. The Hall–Kier alpha value is -2.68. The van der Waals surface area contributed by atoms with E-state index in [0.29, 0.717) is 15.9 Å². The molecule has 3 aromatic rings. The van der Waals surface area contributed by atoms with Crippen LogP contribution in [0.3, 0.4) is 0 Å². The lowest BCUT2D eigenvalue weighted by Crippen LogP contribution is -2.01. The van der Waals surface area contributed by atoms with Crippen LogP contribution >= 0.6 is 22.9 Å². The molecule has 0 atom stereocenters. The maximum Gasteiger partial charge on any atom is 0.196 e. The second-order valence-corrected chi connectivity index (χ2v) is 7.30. The summed E-state index contributed by atoms with van der Waals surface area (Å²) in [7, 11) is 0. The molecule has 0 amide bonds. The Kier molecular flexibility index (Phi) is 5.67. The van der Waals surface area contributed by atoms with Crippen LogP contribution in [0, 0.1) is 11.3 Å². The highest BCUT2D eigenvalue weighted by atomic mass is 35.5. The molecule has 26 heavy (non-hydrogen) atoms. The van der Waals surface area contributed by atoms with Gasteiger partial charge in [0, 0.05) is 16.0 Å². The third-order valence-corrected chi connectivity index (χ3v) is 4.93. The monoisotopic (exact) mass is 380 g/mol. The fourth-order valence-electron chi connectivity index (χ4n) is 2.32. The fourth-order valence-corrected chi connectivity index (χ4v) is 3.21. The van der Waals surface area contributed by atoms with Crippen LogP contribution in [0.25, 0.3) is 11.3 Å². The molecule has 0 aliphatic heterocycles. The number of rotatable bonds is 5. The van der Waals surface area contributed by atoms with Crippen molar-refractivity contribution in [3.63, 3.8) is 0 Å². The first-order chi connectivity index (χ1) is 12.6. The standard InChI is InChI=1S/C20H17ClN4S/c1-13(2)14-5-9-17(10-6-14)24-25-18(11-22)20-23-19(12-26-20)15-3-7-16(21)8-4-15/h3-10,12-13,24H,1-2H3. The lowest BCUT2D eigenvalue weighted by atomic mass is 10.0. The van der Waals surface area contributed by atoms with Gasteiger partial charge in [0.2, 0.25) is 0 Å². The third-order valence-electron chi connectivity index (χ3n) is 3.83. The minimum Gasteiger partial charge on any atom is -0.277 e. The van der Waals surface area contributed by atoms with Gasteiger partial charge in [-0.3, -0.25) is 5.43 Å². The topological polar surface area (TPSA) is 61.1 Å². The predicted molar refractivity (Wildman–Crippen MR) is 109 cm³/mol. The van der Waals surface area contributed by atoms with Crippen LogP contribution < -0.4 is 5.43 Å². The van der Waals surface area contributed by atoms with Gasteiger partial charge in [-0.15, -0.1) is 11.3 Å². The van der Waals surface area contributed by atoms with Crippen molar-refractivity contribution >= 4 is 34.3 Å². The summed E-state index contributed by atoms with van der Waals surface area (Å²) in [6.07, 6.45) is 0. The van der Waals surface area contributed by atoms with Crippen LogP contribution in [-0.2, 0) is 0 Å². The Morgan fingerprint density at radius 1 is 1.15 bits per heavy atom. The van der Waals surface area contributed by atoms with Crippen molar-refractivity contribution in [2.75, 3.05) is 5.43 Å². The first kappa shape index (κ1) is 18.1. The van der Waals surface area contributed by atoms with Crippen LogP contribution in [0.1, 0.15) is 30.3 Å². The Balaban J connectivity index is 1.77. The van der Waals surface area contributed by atoms with E-state index in [1.165, 1.54) is 16.9 Å². The number of benzene rings is 2. The predicted octanol–water partition coefficient (Wildman–Crippen LogP) is 5.93. The quantitative estimate of drug-likeness (QED) is 0.441. The molecule has 3 rings (SSSR count). The van der Waals surface area contributed by atoms with Crippen molar-refractivity contribution in [2.45, 2.75) is 19.8 Å². The number of nitriles is 1. The Bertz CT molecular complexity index is 951. The summed E-state index contributed by atoms with van der Waals surface area (Å²) < 4.78 is 0. The summed E-state index contributed by atoms with van der Waals surface area (Å²) >= 11 is 7.30. The molecule has 1 heterocycles. The summed E-state index contributed by atoms with van der Waals surface area (Å²) in [6.45, 7) is 4.30. The average molecular weight is 381 g/mol. The molecule has 1 aromatic heterocycles. The zero-order valence-electron chi connectivity index (χ0n) is 14.4. The molecule has 0 radical (unpaired) electrons. The maximum absolute atomic E-state index is 9.42. The molecule has 0 fully saturated rings. The Morgan fingerprint density at radius 3 is 2.46 bits per heavy atom. The second kappa shape index (κ2) is 8.13. The van der Waals surface area contributed by atoms with Gasteiger partial charge in [0.05, 0.1) is 11.4 Å². The molecule has 0 unspecified atom stereocenters. The van der Waals surface area contributed by atoms with Crippen molar-refractivity contribution in [3.05, 3.63) is 69.5 Å². The SMILES string of the molecule is CC(C)c1ccc(NN=C(C#N)c2nc(-c3ccc(Cl)cc3)cs2)cc1. The van der Waals surface area contributed by atoms with Gasteiger partial charge in [-0.25, -0.2) is 4.98 Å². The van der Waals surface area contributed by atoms with Gasteiger partial charge in [0.15, 0.2) is 10.7 Å². The van der Waals surface area contributed by atoms with E-state index in [9.17, 15) is 5.26 Å². The van der Waals surface area contributed by atoms with E-state index >= 15 is 0 Å². The summed E-state index contributed by atoms with van der Waals surface area (Å²) in [5.41, 5.74) is 7.02. The van der Waals surface area contributed by atoms with E-state index in [1.807, 2.05) is 41.8 Å². The smallest absolute Gasteiger partial charge is 0.196 e. The molecule has 0 saturated heterocycles. The summed E-state index contributed by atoms with van der Waals surface area (Å²) in [6, 6.07) is 17.6. The molecular weight excluding hydrogens is 364 g/mol. The number of thiazole rings is 1. The number of aromatic nitrogens is 1. The van der Waals surface area contributed by atoms with Gasteiger partial charge >= 0.3 is 0 Å². The molecule has 130 valence electrons. The highest BCUT2D eigenvalue weighted by Crippen LogP contribution is 2.24. The van der Waals surface area contributed by atoms with E-state index in [0.717, 1.165) is 16.9 Å². The van der Waals surface area contributed by atoms with E-state index in [4.69, 9.17) is 11.6 Å². The lowest BCUT2D eigenvalue weighted by Gasteiger charge is -2.06. The molecule has 2 aromatic carbocycles. The van der Waals surface area contributed by atoms with E-state index < -0.39 is 0 Å². The molecule has 0 aliphatic carbocycles. The van der Waals surface area contributed by atoms with Crippen molar-refractivity contribution < 1.29 is 0 Å². The number of hydrogen-bond acceptors (Lipinski definition) is 5. The van der Waals surface area contributed by atoms with Crippen LogP contribution in [0.4, 0.5) is 5.69 Å². The van der Waals surface area contributed by atoms with Gasteiger partial charge < -0.3 is 0 Å². The second-order valence-electron chi connectivity index (χ2n) is 6.01. The third kappa shape index (κ3) is 4.29. The first-order valence-corrected chi connectivity index (χ1v) is 9.38. The zero-order valence-corrected chi connectivity index (χ0v) is 16.0. The van der Waals surface area contributed by atoms with Crippen LogP contribution in [0.15, 0.2) is 59.0 Å². The Labute approximate surface area is 161 Å². The van der Waals surface area contributed by atoms with E-state index in [1.54, 1.807) is 0 Å². The lowest BCUT2D eigenvalue weighted by molar-refractivity contribution is 0.867. The van der Waals surface area contributed by atoms with Crippen LogP contribution in [0.5, 0.6) is 0 Å². The largest absolute Gasteiger partial charge is 0.277 e. The van der Waals surface area contributed by atoms with Gasteiger partial charge in [-0.2, -0.15) is 10.4 Å². The summed E-state index contributed by atoms with van der Waals surface area (Å²) in [5, 5.41) is 16.8. The summed E-state index contributed by atoms with van der Waals surface area (Å²) in [4.78, 5) is 4.51. The van der Waals surface area contributed by atoms with Crippen molar-refractivity contribution in [2.24, 2.45) is 5.10 Å². The molecule has 0 saturated carbocycles. The van der Waals surface area contributed by atoms with Crippen molar-refractivity contribution in [1.82, 2.24) is 4.98 Å². The van der Waals surface area contributed by atoms with Crippen molar-refractivity contribution in [3.8, 4) is 17.3 Å². The number of hydrogen-bond donors (Lipinski definition) is 1. The number of halogens is 1. The van der Waals surface area contributed by atoms with Gasteiger partial charge in [-0.1, -0.05) is 49.7 Å². The van der Waals surface area contributed by atoms with Crippen LogP contribution in [0.2, 0.25) is 5.02 Å². The van der Waals surface area contributed by atoms with E-state index in [-0.39, 0.29) is 5.71 Å². The zero-order chi connectivity index (χ0) is 18.5. The number of nitrogens with one attached hydrogen (secondary N) is 1. The fraction of sp³-hybridized carbons (Fsp3) is 0.150. The van der Waals surface area contributed by atoms with Gasteiger partial charge in [0.1, 0.15) is 6.07 Å². The summed E-state index contributed by atoms with van der Waals surface area (Å²) in [5.74, 6) is 0.476. The molecule has 6 heteroatoms. The van der Waals surface area contributed by atoms with Gasteiger partial charge in [-0.05, 0) is 35.7 Å². The van der Waals surface area contributed by atoms with Crippen LogP contribution in [-0.4, -0.2) is 10.7 Å². The minimum atomic E-state index is 0.253. The normalized spacial score (nSPS) is 11.4. The highest BCUT2D eigenvalue weighted by Gasteiger charge is 2.10. The molecular formula is C20H17ClN4S. The van der Waals surface area contributed by atoms with Crippen molar-refractivity contribution in [1.29, 1.82) is 5.26 Å². The molecule has 4 nitrogen and oxygen atoms in total. The minimum absolute atomic E-state index is 0.253. The average Bonchev–Trinajstić information content (AvgIpc) is 3.13. The number of nitrogens with zero attached hydrogens (tertiary/aromatic N) is 3. The maximum atomic E-state index is 9.42. The first-order valence-electron chi connectivity index (χ1n) is 8.12. The number of hydrazone groups is 1. The van der Waals surface area contributed by atoms with E-state index in [2.05, 4.69) is 47.6 Å². The molecule has 0 spiro atoms. The molecule has 0 aliphatic rings. The Morgan fingerprint density at radius 2 is 1.85 bits per heavy atom. The highest BCUT2D eigenvalue weighted by molar-refractivity contribution is 7.12. The molecule has 0 bridgehead atoms.